The van der Waals surface area contributed by atoms with Gasteiger partial charge in [0, 0.05) is 32.2 Å². The number of carbonyl (C=O) groups excluding carboxylic acids is 1. The number of pyridine rings is 1. The molecular formula is C20H21N3O2. The maximum Gasteiger partial charge on any atom is 0.265 e. The van der Waals surface area contributed by atoms with Gasteiger partial charge in [-0.3, -0.25) is 9.59 Å². The van der Waals surface area contributed by atoms with Crippen LogP contribution in [0.15, 0.2) is 53.3 Å². The Morgan fingerprint density at radius 1 is 1.08 bits per heavy atom. The summed E-state index contributed by atoms with van der Waals surface area (Å²) in [6.45, 7) is 1.98. The molecule has 0 aliphatic carbocycles. The number of hydrogen-bond acceptors (Lipinski definition) is 3. The molecule has 0 saturated heterocycles. The number of para-hydroxylation sites is 1. The lowest BCUT2D eigenvalue weighted by atomic mass is 10.0. The van der Waals surface area contributed by atoms with Crippen molar-refractivity contribution in [2.45, 2.75) is 6.92 Å². The Hall–Kier alpha value is -3.08. The van der Waals surface area contributed by atoms with E-state index in [1.807, 2.05) is 55.5 Å². The highest BCUT2D eigenvalue weighted by Crippen LogP contribution is 2.29. The Bertz CT molecular complexity index is 1010. The highest BCUT2D eigenvalue weighted by atomic mass is 16.2. The lowest BCUT2D eigenvalue weighted by Crippen LogP contribution is -2.35. The number of nitrogens with one attached hydrogen (secondary N) is 1. The van der Waals surface area contributed by atoms with E-state index in [0.717, 1.165) is 22.2 Å². The standard InChI is InChI=1S/C20H21N3O2/c1-13-9-8-12-15-16(13)18(21-2)17(20(25)23(15)4)19(24)22(3)14-10-6-5-7-11-14/h5-12,21H,1-4H3. The van der Waals surface area contributed by atoms with Gasteiger partial charge in [-0.25, -0.2) is 0 Å². The van der Waals surface area contributed by atoms with Crippen LogP contribution < -0.4 is 15.8 Å². The summed E-state index contributed by atoms with van der Waals surface area (Å²) >= 11 is 0. The van der Waals surface area contributed by atoms with E-state index >= 15 is 0 Å². The third-order valence-electron chi connectivity index (χ3n) is 4.54. The molecule has 0 unspecified atom stereocenters. The first-order valence-electron chi connectivity index (χ1n) is 8.10. The quantitative estimate of drug-likeness (QED) is 0.800. The van der Waals surface area contributed by atoms with Crippen molar-refractivity contribution in [2.24, 2.45) is 7.05 Å². The number of hydrogen-bond donors (Lipinski definition) is 1. The fourth-order valence-electron chi connectivity index (χ4n) is 3.15. The molecular weight excluding hydrogens is 314 g/mol. The largest absolute Gasteiger partial charge is 0.387 e. The van der Waals surface area contributed by atoms with Crippen LogP contribution in [-0.2, 0) is 7.05 Å². The molecule has 2 aromatic carbocycles. The van der Waals surface area contributed by atoms with E-state index in [2.05, 4.69) is 5.32 Å². The minimum absolute atomic E-state index is 0.151. The SMILES string of the molecule is CNc1c(C(=O)N(C)c2ccccc2)c(=O)n(C)c2cccc(C)c12. The van der Waals surface area contributed by atoms with Crippen LogP contribution in [0.4, 0.5) is 11.4 Å². The third kappa shape index (κ3) is 2.67. The molecule has 128 valence electrons. The molecule has 0 aliphatic heterocycles. The third-order valence-corrected chi connectivity index (χ3v) is 4.54. The monoisotopic (exact) mass is 335 g/mol. The zero-order valence-electron chi connectivity index (χ0n) is 14.8. The van der Waals surface area contributed by atoms with E-state index in [1.54, 1.807) is 21.1 Å². The van der Waals surface area contributed by atoms with Crippen molar-refractivity contribution in [3.05, 3.63) is 70.0 Å². The van der Waals surface area contributed by atoms with Gasteiger partial charge in [-0.2, -0.15) is 0 Å². The number of fused-ring (bicyclic) bond motifs is 1. The van der Waals surface area contributed by atoms with Crippen LogP contribution in [0.5, 0.6) is 0 Å². The Labute approximate surface area is 146 Å². The van der Waals surface area contributed by atoms with Crippen LogP contribution >= 0.6 is 0 Å². The van der Waals surface area contributed by atoms with Gasteiger partial charge in [0.1, 0.15) is 5.56 Å². The van der Waals surface area contributed by atoms with Crippen molar-refractivity contribution in [3.8, 4) is 0 Å². The predicted octanol–water partition coefficient (Wildman–Crippen LogP) is 3.17. The molecule has 5 heteroatoms. The van der Waals surface area contributed by atoms with Crippen molar-refractivity contribution in [2.75, 3.05) is 24.3 Å². The highest BCUT2D eigenvalue weighted by molar-refractivity contribution is 6.13. The minimum atomic E-state index is -0.332. The van der Waals surface area contributed by atoms with Crippen LogP contribution in [0.3, 0.4) is 0 Å². The van der Waals surface area contributed by atoms with Gasteiger partial charge < -0.3 is 14.8 Å². The molecule has 0 aliphatic rings. The van der Waals surface area contributed by atoms with Crippen molar-refractivity contribution in [1.29, 1.82) is 0 Å². The lowest BCUT2D eigenvalue weighted by Gasteiger charge is -2.21. The number of carbonyl (C=O) groups is 1. The molecule has 0 bridgehead atoms. The molecule has 25 heavy (non-hydrogen) atoms. The molecule has 3 rings (SSSR count). The average Bonchev–Trinajstić information content (AvgIpc) is 2.64. The van der Waals surface area contributed by atoms with E-state index in [4.69, 9.17) is 0 Å². The number of anilines is 2. The van der Waals surface area contributed by atoms with Crippen LogP contribution in [0.2, 0.25) is 0 Å². The maximum atomic E-state index is 13.1. The molecule has 0 fully saturated rings. The van der Waals surface area contributed by atoms with Crippen LogP contribution in [0.25, 0.3) is 10.9 Å². The zero-order chi connectivity index (χ0) is 18.1. The predicted molar refractivity (Wildman–Crippen MR) is 103 cm³/mol. The fraction of sp³-hybridized carbons (Fsp3) is 0.200. The van der Waals surface area contributed by atoms with E-state index in [0.29, 0.717) is 5.69 Å². The van der Waals surface area contributed by atoms with Crippen molar-refractivity contribution < 1.29 is 4.79 Å². The summed E-state index contributed by atoms with van der Waals surface area (Å²) in [7, 11) is 5.11. The maximum absolute atomic E-state index is 13.1. The zero-order valence-corrected chi connectivity index (χ0v) is 14.8. The number of benzene rings is 2. The van der Waals surface area contributed by atoms with Crippen LogP contribution in [-0.4, -0.2) is 24.6 Å². The van der Waals surface area contributed by atoms with Crippen LogP contribution in [0, 0.1) is 6.92 Å². The van der Waals surface area contributed by atoms with Gasteiger partial charge in [0.05, 0.1) is 11.2 Å². The number of rotatable bonds is 3. The Morgan fingerprint density at radius 3 is 2.40 bits per heavy atom. The number of aryl methyl sites for hydroxylation is 2. The summed E-state index contributed by atoms with van der Waals surface area (Å²) in [6.07, 6.45) is 0. The summed E-state index contributed by atoms with van der Waals surface area (Å²) in [5.74, 6) is -0.332. The van der Waals surface area contributed by atoms with Gasteiger partial charge in [0.25, 0.3) is 11.5 Å². The van der Waals surface area contributed by atoms with Gasteiger partial charge in [0.15, 0.2) is 0 Å². The normalized spacial score (nSPS) is 10.7. The second-order valence-electron chi connectivity index (χ2n) is 6.03. The first kappa shape index (κ1) is 16.8. The number of amides is 1. The van der Waals surface area contributed by atoms with Crippen molar-refractivity contribution in [1.82, 2.24) is 4.57 Å². The lowest BCUT2D eigenvalue weighted by molar-refractivity contribution is 0.0992. The van der Waals surface area contributed by atoms with Gasteiger partial charge in [0.2, 0.25) is 0 Å². The first-order valence-corrected chi connectivity index (χ1v) is 8.10. The second kappa shape index (κ2) is 6.43. The first-order chi connectivity index (χ1) is 12.0. The molecule has 1 aromatic heterocycles. The molecule has 1 heterocycles. The molecule has 0 spiro atoms. The number of aromatic nitrogens is 1. The van der Waals surface area contributed by atoms with Crippen molar-refractivity contribution >= 4 is 28.2 Å². The molecule has 0 saturated carbocycles. The van der Waals surface area contributed by atoms with Crippen LogP contribution in [0.1, 0.15) is 15.9 Å². The van der Waals surface area contributed by atoms with E-state index < -0.39 is 0 Å². The van der Waals surface area contributed by atoms with E-state index in [-0.39, 0.29) is 17.0 Å². The molecule has 0 radical (unpaired) electrons. The fourth-order valence-corrected chi connectivity index (χ4v) is 3.15. The average molecular weight is 335 g/mol. The Balaban J connectivity index is 2.29. The van der Waals surface area contributed by atoms with Gasteiger partial charge in [-0.15, -0.1) is 0 Å². The van der Waals surface area contributed by atoms with Gasteiger partial charge in [-0.05, 0) is 30.7 Å². The molecule has 1 amide bonds. The number of nitrogens with zero attached hydrogens (tertiary/aromatic N) is 2. The second-order valence-corrected chi connectivity index (χ2v) is 6.03. The van der Waals surface area contributed by atoms with Crippen molar-refractivity contribution in [3.63, 3.8) is 0 Å². The van der Waals surface area contributed by atoms with E-state index in [9.17, 15) is 9.59 Å². The molecule has 3 aromatic rings. The van der Waals surface area contributed by atoms with E-state index in [1.165, 1.54) is 9.47 Å². The topological polar surface area (TPSA) is 54.3 Å². The Morgan fingerprint density at radius 2 is 1.76 bits per heavy atom. The van der Waals surface area contributed by atoms with Gasteiger partial charge in [-0.1, -0.05) is 30.3 Å². The molecule has 1 N–H and O–H groups in total. The smallest absolute Gasteiger partial charge is 0.265 e. The summed E-state index contributed by atoms with van der Waals surface area (Å²) < 4.78 is 1.54. The minimum Gasteiger partial charge on any atom is -0.387 e. The summed E-state index contributed by atoms with van der Waals surface area (Å²) in [6, 6.07) is 15.1. The van der Waals surface area contributed by atoms with Gasteiger partial charge >= 0.3 is 0 Å². The summed E-state index contributed by atoms with van der Waals surface area (Å²) in [4.78, 5) is 27.6. The molecule has 0 atom stereocenters. The Kier molecular flexibility index (Phi) is 4.31. The molecule has 5 nitrogen and oxygen atoms in total. The highest BCUT2D eigenvalue weighted by Gasteiger charge is 2.24. The summed E-state index contributed by atoms with van der Waals surface area (Å²) in [5.41, 5.74) is 2.96. The summed E-state index contributed by atoms with van der Waals surface area (Å²) in [5, 5.41) is 3.96.